The molecule has 2 nitrogen and oxygen atoms in total. The predicted octanol–water partition coefficient (Wildman–Crippen LogP) is 2.89. The van der Waals surface area contributed by atoms with Gasteiger partial charge in [-0.05, 0) is 45.7 Å². The van der Waals surface area contributed by atoms with E-state index in [4.69, 9.17) is 5.21 Å². The van der Waals surface area contributed by atoms with Crippen LogP contribution in [0.15, 0.2) is 18.2 Å². The van der Waals surface area contributed by atoms with E-state index in [0.717, 1.165) is 0 Å². The van der Waals surface area contributed by atoms with Crippen molar-refractivity contribution in [3.8, 4) is 0 Å². The van der Waals surface area contributed by atoms with E-state index in [9.17, 15) is 0 Å². The van der Waals surface area contributed by atoms with Crippen LogP contribution in [-0.2, 0) is 6.54 Å². The van der Waals surface area contributed by atoms with Gasteiger partial charge in [0.05, 0.1) is 0 Å². The summed E-state index contributed by atoms with van der Waals surface area (Å²) in [6.45, 7) is 4.84. The van der Waals surface area contributed by atoms with Gasteiger partial charge in [-0.1, -0.05) is 26.0 Å². The molecule has 0 fully saturated rings. The van der Waals surface area contributed by atoms with Crippen LogP contribution in [0.1, 0.15) is 30.9 Å². The van der Waals surface area contributed by atoms with Crippen LogP contribution in [0.4, 0.5) is 0 Å². The SMILES string of the molecule is CC(C)c1cccc(I)c1CNO. The van der Waals surface area contributed by atoms with E-state index in [1.165, 1.54) is 14.7 Å². The molecule has 1 aromatic rings. The third-order valence-electron chi connectivity index (χ3n) is 2.03. The fourth-order valence-corrected chi connectivity index (χ4v) is 2.09. The van der Waals surface area contributed by atoms with Crippen molar-refractivity contribution in [2.75, 3.05) is 0 Å². The van der Waals surface area contributed by atoms with E-state index < -0.39 is 0 Å². The molecule has 0 aliphatic heterocycles. The summed E-state index contributed by atoms with van der Waals surface area (Å²) in [4.78, 5) is 0. The van der Waals surface area contributed by atoms with Crippen molar-refractivity contribution in [3.05, 3.63) is 32.9 Å². The van der Waals surface area contributed by atoms with Crippen molar-refractivity contribution >= 4 is 22.6 Å². The lowest BCUT2D eigenvalue weighted by atomic mass is 9.97. The van der Waals surface area contributed by atoms with E-state index in [-0.39, 0.29) is 0 Å². The zero-order valence-corrected chi connectivity index (χ0v) is 10.00. The van der Waals surface area contributed by atoms with Gasteiger partial charge >= 0.3 is 0 Å². The van der Waals surface area contributed by atoms with Gasteiger partial charge in [-0.25, -0.2) is 5.48 Å². The first kappa shape index (κ1) is 10.9. The summed E-state index contributed by atoms with van der Waals surface area (Å²) in [5.74, 6) is 0.498. The van der Waals surface area contributed by atoms with Crippen LogP contribution in [0.3, 0.4) is 0 Å². The van der Waals surface area contributed by atoms with Gasteiger partial charge in [0.25, 0.3) is 0 Å². The zero-order chi connectivity index (χ0) is 9.84. The first-order chi connectivity index (χ1) is 6.16. The lowest BCUT2D eigenvalue weighted by molar-refractivity contribution is 0.160. The Hall–Kier alpha value is -0.130. The van der Waals surface area contributed by atoms with Crippen LogP contribution in [0.2, 0.25) is 0 Å². The summed E-state index contributed by atoms with van der Waals surface area (Å²) in [6, 6.07) is 6.22. The van der Waals surface area contributed by atoms with Gasteiger partial charge in [0.15, 0.2) is 0 Å². The Kier molecular flexibility index (Phi) is 4.15. The molecule has 0 atom stereocenters. The Balaban J connectivity index is 3.09. The van der Waals surface area contributed by atoms with Crippen LogP contribution in [0, 0.1) is 3.57 Å². The van der Waals surface area contributed by atoms with Crippen LogP contribution in [0.25, 0.3) is 0 Å². The predicted molar refractivity (Wildman–Crippen MR) is 61.9 cm³/mol. The van der Waals surface area contributed by atoms with Crippen molar-refractivity contribution in [2.45, 2.75) is 26.3 Å². The van der Waals surface area contributed by atoms with Gasteiger partial charge in [0.1, 0.15) is 0 Å². The van der Waals surface area contributed by atoms with E-state index in [1.807, 2.05) is 0 Å². The Morgan fingerprint density at radius 1 is 1.46 bits per heavy atom. The third kappa shape index (κ3) is 2.65. The lowest BCUT2D eigenvalue weighted by Crippen LogP contribution is -2.10. The van der Waals surface area contributed by atoms with E-state index >= 15 is 0 Å². The molecular weight excluding hydrogens is 277 g/mol. The normalized spacial score (nSPS) is 10.8. The number of nitrogens with one attached hydrogen (secondary N) is 1. The first-order valence-electron chi connectivity index (χ1n) is 4.31. The molecule has 0 radical (unpaired) electrons. The lowest BCUT2D eigenvalue weighted by Gasteiger charge is -2.13. The summed E-state index contributed by atoms with van der Waals surface area (Å²) in [7, 11) is 0. The molecule has 0 heterocycles. The highest BCUT2D eigenvalue weighted by Crippen LogP contribution is 2.23. The highest BCUT2D eigenvalue weighted by molar-refractivity contribution is 14.1. The summed E-state index contributed by atoms with van der Waals surface area (Å²) < 4.78 is 1.20. The van der Waals surface area contributed by atoms with Crippen molar-refractivity contribution in [1.82, 2.24) is 5.48 Å². The Morgan fingerprint density at radius 2 is 2.15 bits per heavy atom. The molecule has 1 aromatic carbocycles. The maximum absolute atomic E-state index is 8.70. The number of rotatable bonds is 3. The van der Waals surface area contributed by atoms with Gasteiger partial charge in [-0.15, -0.1) is 0 Å². The maximum atomic E-state index is 8.70. The highest BCUT2D eigenvalue weighted by Gasteiger charge is 2.08. The number of hydrogen-bond donors (Lipinski definition) is 2. The minimum atomic E-state index is 0.498. The fraction of sp³-hybridized carbons (Fsp3) is 0.400. The van der Waals surface area contributed by atoms with Crippen molar-refractivity contribution < 1.29 is 5.21 Å². The molecule has 2 N–H and O–H groups in total. The van der Waals surface area contributed by atoms with Crippen molar-refractivity contribution in [1.29, 1.82) is 0 Å². The van der Waals surface area contributed by atoms with Crippen LogP contribution in [-0.4, -0.2) is 5.21 Å². The third-order valence-corrected chi connectivity index (χ3v) is 3.04. The second kappa shape index (κ2) is 4.93. The van der Waals surface area contributed by atoms with Crippen LogP contribution >= 0.6 is 22.6 Å². The summed E-state index contributed by atoms with van der Waals surface area (Å²) >= 11 is 2.29. The molecule has 0 saturated carbocycles. The standard InChI is InChI=1S/C10H14INO/c1-7(2)8-4-3-5-10(11)9(8)6-12-13/h3-5,7,12-13H,6H2,1-2H3. The topological polar surface area (TPSA) is 32.3 Å². The van der Waals surface area contributed by atoms with Crippen molar-refractivity contribution in [3.63, 3.8) is 0 Å². The van der Waals surface area contributed by atoms with Gasteiger partial charge in [-0.2, -0.15) is 0 Å². The van der Waals surface area contributed by atoms with Gasteiger partial charge < -0.3 is 5.21 Å². The molecular formula is C10H14INO. The second-order valence-electron chi connectivity index (χ2n) is 3.30. The summed E-state index contributed by atoms with van der Waals surface area (Å²) in [5.41, 5.74) is 4.71. The minimum absolute atomic E-state index is 0.498. The van der Waals surface area contributed by atoms with E-state index in [1.54, 1.807) is 0 Å². The van der Waals surface area contributed by atoms with Crippen molar-refractivity contribution in [2.24, 2.45) is 0 Å². The van der Waals surface area contributed by atoms with Crippen LogP contribution < -0.4 is 5.48 Å². The van der Waals surface area contributed by atoms with Gasteiger partial charge in [0, 0.05) is 10.1 Å². The molecule has 0 bridgehead atoms. The average molecular weight is 291 g/mol. The average Bonchev–Trinajstić information content (AvgIpc) is 2.08. The largest absolute Gasteiger partial charge is 0.316 e. The Labute approximate surface area is 92.5 Å². The summed E-state index contributed by atoms with van der Waals surface area (Å²) in [6.07, 6.45) is 0. The molecule has 0 aliphatic carbocycles. The molecule has 0 amide bonds. The highest BCUT2D eigenvalue weighted by atomic mass is 127. The van der Waals surface area contributed by atoms with Crippen LogP contribution in [0.5, 0.6) is 0 Å². The zero-order valence-electron chi connectivity index (χ0n) is 7.84. The molecule has 1 rings (SSSR count). The van der Waals surface area contributed by atoms with E-state index in [0.29, 0.717) is 12.5 Å². The number of halogens is 1. The first-order valence-corrected chi connectivity index (χ1v) is 5.39. The summed E-state index contributed by atoms with van der Waals surface area (Å²) in [5, 5.41) is 8.70. The molecule has 3 heteroatoms. The Morgan fingerprint density at radius 3 is 2.69 bits per heavy atom. The molecule has 0 spiro atoms. The quantitative estimate of drug-likeness (QED) is 0.663. The van der Waals surface area contributed by atoms with E-state index in [2.05, 4.69) is 60.1 Å². The number of benzene rings is 1. The molecule has 0 saturated heterocycles. The maximum Gasteiger partial charge on any atom is 0.0471 e. The number of hydroxylamine groups is 1. The number of hydrogen-bond acceptors (Lipinski definition) is 2. The fourth-order valence-electron chi connectivity index (χ4n) is 1.38. The molecule has 0 aliphatic rings. The second-order valence-corrected chi connectivity index (χ2v) is 4.46. The Bertz CT molecular complexity index is 286. The minimum Gasteiger partial charge on any atom is -0.316 e. The molecule has 0 unspecified atom stereocenters. The monoisotopic (exact) mass is 291 g/mol. The van der Waals surface area contributed by atoms with Gasteiger partial charge in [0.2, 0.25) is 0 Å². The smallest absolute Gasteiger partial charge is 0.0471 e. The van der Waals surface area contributed by atoms with Gasteiger partial charge in [-0.3, -0.25) is 0 Å². The molecule has 13 heavy (non-hydrogen) atoms. The molecule has 72 valence electrons. The molecule has 0 aromatic heterocycles.